The van der Waals surface area contributed by atoms with E-state index in [4.69, 9.17) is 19.8 Å². The molecule has 0 atom stereocenters. The second-order valence-electron chi connectivity index (χ2n) is 4.01. The molecular formula is C15H10FNO4. The van der Waals surface area contributed by atoms with Gasteiger partial charge in [-0.1, -0.05) is 0 Å². The Bertz CT molecular complexity index is 692. The van der Waals surface area contributed by atoms with Crippen molar-refractivity contribution in [2.24, 2.45) is 0 Å². The van der Waals surface area contributed by atoms with E-state index in [2.05, 4.69) is 0 Å². The number of aliphatic carboxylic acids is 1. The fourth-order valence-electron chi connectivity index (χ4n) is 1.53. The molecule has 0 bridgehead atoms. The van der Waals surface area contributed by atoms with Crippen molar-refractivity contribution < 1.29 is 23.8 Å². The first-order valence-electron chi connectivity index (χ1n) is 5.90. The summed E-state index contributed by atoms with van der Waals surface area (Å²) in [6.45, 7) is -0.440. The smallest absolute Gasteiger partial charge is 0.341 e. The molecule has 0 aromatic heterocycles. The molecule has 0 aliphatic heterocycles. The van der Waals surface area contributed by atoms with Gasteiger partial charge < -0.3 is 14.6 Å². The highest BCUT2D eigenvalue weighted by Crippen LogP contribution is 2.26. The maximum absolute atomic E-state index is 13.6. The fourth-order valence-corrected chi connectivity index (χ4v) is 1.53. The van der Waals surface area contributed by atoms with Gasteiger partial charge in [0, 0.05) is 0 Å². The number of carbonyl (C=O) groups is 1. The van der Waals surface area contributed by atoms with Crippen molar-refractivity contribution in [2.45, 2.75) is 0 Å². The molecule has 2 aromatic carbocycles. The van der Waals surface area contributed by atoms with Crippen LogP contribution in [-0.4, -0.2) is 17.7 Å². The van der Waals surface area contributed by atoms with Crippen molar-refractivity contribution in [2.75, 3.05) is 6.61 Å². The van der Waals surface area contributed by atoms with Crippen molar-refractivity contribution in [3.8, 4) is 23.3 Å². The molecule has 0 saturated heterocycles. The molecule has 0 aliphatic carbocycles. The summed E-state index contributed by atoms with van der Waals surface area (Å²) in [6, 6.07) is 11.8. The molecule has 6 heteroatoms. The van der Waals surface area contributed by atoms with Gasteiger partial charge in [0.1, 0.15) is 11.5 Å². The second-order valence-corrected chi connectivity index (χ2v) is 4.01. The number of carboxylic acids is 1. The highest BCUT2D eigenvalue weighted by atomic mass is 19.1. The number of carboxylic acid groups (broad SMARTS) is 1. The molecule has 106 valence electrons. The van der Waals surface area contributed by atoms with Crippen LogP contribution in [0.5, 0.6) is 17.2 Å². The van der Waals surface area contributed by atoms with Gasteiger partial charge in [-0.25, -0.2) is 9.18 Å². The molecule has 2 rings (SSSR count). The lowest BCUT2D eigenvalue weighted by atomic mass is 10.2. The Balaban J connectivity index is 2.06. The third-order valence-electron chi connectivity index (χ3n) is 2.47. The lowest BCUT2D eigenvalue weighted by Gasteiger charge is -2.08. The third-order valence-corrected chi connectivity index (χ3v) is 2.47. The highest BCUT2D eigenvalue weighted by molar-refractivity contribution is 5.68. The van der Waals surface area contributed by atoms with Gasteiger partial charge in [-0.3, -0.25) is 0 Å². The maximum Gasteiger partial charge on any atom is 0.341 e. The molecule has 0 saturated carbocycles. The molecule has 21 heavy (non-hydrogen) atoms. The lowest BCUT2D eigenvalue weighted by Crippen LogP contribution is -2.09. The third kappa shape index (κ3) is 3.94. The van der Waals surface area contributed by atoms with E-state index >= 15 is 0 Å². The lowest BCUT2D eigenvalue weighted by molar-refractivity contribution is -0.139. The molecule has 0 heterocycles. The van der Waals surface area contributed by atoms with Crippen LogP contribution in [0.2, 0.25) is 0 Å². The van der Waals surface area contributed by atoms with E-state index < -0.39 is 18.4 Å². The molecule has 0 spiro atoms. The minimum atomic E-state index is -1.07. The summed E-state index contributed by atoms with van der Waals surface area (Å²) < 4.78 is 23.9. The molecular weight excluding hydrogens is 277 g/mol. The largest absolute Gasteiger partial charge is 0.482 e. The first kappa shape index (κ1) is 14.3. The summed E-state index contributed by atoms with van der Waals surface area (Å²) in [5, 5.41) is 17.1. The Labute approximate surface area is 119 Å². The van der Waals surface area contributed by atoms with Gasteiger partial charge in [0.05, 0.1) is 11.6 Å². The van der Waals surface area contributed by atoms with Crippen LogP contribution in [0.3, 0.4) is 0 Å². The molecule has 0 unspecified atom stereocenters. The van der Waals surface area contributed by atoms with Crippen LogP contribution in [0.25, 0.3) is 0 Å². The summed E-state index contributed by atoms with van der Waals surface area (Å²) in [4.78, 5) is 10.4. The first-order valence-corrected chi connectivity index (χ1v) is 5.90. The van der Waals surface area contributed by atoms with Crippen molar-refractivity contribution in [3.05, 3.63) is 53.8 Å². The number of nitriles is 1. The molecule has 0 amide bonds. The van der Waals surface area contributed by atoms with E-state index in [1.54, 1.807) is 0 Å². The van der Waals surface area contributed by atoms with Crippen LogP contribution < -0.4 is 9.47 Å². The summed E-state index contributed by atoms with van der Waals surface area (Å²) in [5.74, 6) is -0.991. The summed E-state index contributed by atoms with van der Waals surface area (Å²) in [6.07, 6.45) is 0. The number of rotatable bonds is 5. The number of halogens is 1. The monoisotopic (exact) mass is 287 g/mol. The summed E-state index contributed by atoms with van der Waals surface area (Å²) >= 11 is 0. The Kier molecular flexibility index (Phi) is 4.36. The average Bonchev–Trinajstić information content (AvgIpc) is 2.48. The zero-order chi connectivity index (χ0) is 15.2. The van der Waals surface area contributed by atoms with Crippen LogP contribution in [0.4, 0.5) is 4.39 Å². The maximum atomic E-state index is 13.6. The van der Waals surface area contributed by atoms with Crippen LogP contribution >= 0.6 is 0 Å². The van der Waals surface area contributed by atoms with Gasteiger partial charge in [-0.2, -0.15) is 5.26 Å². The normalized spacial score (nSPS) is 9.71. The SMILES string of the molecule is N#Cc1ccc(Oc2ccc(OCC(=O)O)cc2)c(F)c1. The zero-order valence-corrected chi connectivity index (χ0v) is 10.7. The number of hydrogen-bond donors (Lipinski definition) is 1. The fraction of sp³-hybridized carbons (Fsp3) is 0.0667. The Morgan fingerprint density at radius 2 is 1.86 bits per heavy atom. The van der Waals surface area contributed by atoms with Crippen LogP contribution in [0.1, 0.15) is 5.56 Å². The number of ether oxygens (including phenoxy) is 2. The van der Waals surface area contributed by atoms with Crippen LogP contribution in [0.15, 0.2) is 42.5 Å². The Hall–Kier alpha value is -3.07. The van der Waals surface area contributed by atoms with E-state index in [1.165, 1.54) is 36.4 Å². The van der Waals surface area contributed by atoms with Gasteiger partial charge in [0.2, 0.25) is 0 Å². The van der Waals surface area contributed by atoms with Gasteiger partial charge in [-0.15, -0.1) is 0 Å². The predicted molar refractivity (Wildman–Crippen MR) is 70.8 cm³/mol. The number of nitrogens with zero attached hydrogens (tertiary/aromatic N) is 1. The minimum Gasteiger partial charge on any atom is -0.482 e. The molecule has 2 aromatic rings. The Morgan fingerprint density at radius 3 is 2.43 bits per heavy atom. The standard InChI is InChI=1S/C15H10FNO4/c16-13-7-10(8-17)1-6-14(13)21-12-4-2-11(3-5-12)20-9-15(18)19/h1-7H,9H2,(H,18,19). The van der Waals surface area contributed by atoms with Gasteiger partial charge in [0.15, 0.2) is 18.2 Å². The van der Waals surface area contributed by atoms with Crippen molar-refractivity contribution in [1.29, 1.82) is 5.26 Å². The van der Waals surface area contributed by atoms with E-state index in [1.807, 2.05) is 6.07 Å². The van der Waals surface area contributed by atoms with Gasteiger partial charge in [0.25, 0.3) is 0 Å². The number of hydrogen-bond acceptors (Lipinski definition) is 4. The molecule has 0 aliphatic rings. The van der Waals surface area contributed by atoms with Crippen molar-refractivity contribution in [3.63, 3.8) is 0 Å². The van der Waals surface area contributed by atoms with Crippen molar-refractivity contribution in [1.82, 2.24) is 0 Å². The quantitative estimate of drug-likeness (QED) is 0.914. The topological polar surface area (TPSA) is 79.5 Å². The number of benzene rings is 2. The Morgan fingerprint density at radius 1 is 1.19 bits per heavy atom. The summed E-state index contributed by atoms with van der Waals surface area (Å²) in [5.41, 5.74) is 0.206. The van der Waals surface area contributed by atoms with Gasteiger partial charge >= 0.3 is 5.97 Å². The molecule has 0 fully saturated rings. The van der Waals surface area contributed by atoms with Gasteiger partial charge in [-0.05, 0) is 42.5 Å². The van der Waals surface area contributed by atoms with Crippen LogP contribution in [0, 0.1) is 17.1 Å². The predicted octanol–water partition coefficient (Wildman–Crippen LogP) is 2.95. The highest BCUT2D eigenvalue weighted by Gasteiger charge is 2.06. The molecule has 1 N–H and O–H groups in total. The zero-order valence-electron chi connectivity index (χ0n) is 10.7. The second kappa shape index (κ2) is 6.39. The molecule has 0 radical (unpaired) electrons. The average molecular weight is 287 g/mol. The van der Waals surface area contributed by atoms with Crippen molar-refractivity contribution >= 4 is 5.97 Å². The van der Waals surface area contributed by atoms with E-state index in [0.717, 1.165) is 6.07 Å². The minimum absolute atomic E-state index is 0.00629. The van der Waals surface area contributed by atoms with E-state index in [0.29, 0.717) is 11.5 Å². The molecule has 5 nitrogen and oxygen atoms in total. The van der Waals surface area contributed by atoms with E-state index in [-0.39, 0.29) is 11.3 Å². The summed E-state index contributed by atoms with van der Waals surface area (Å²) in [7, 11) is 0. The first-order chi connectivity index (χ1) is 10.1. The van der Waals surface area contributed by atoms with E-state index in [9.17, 15) is 9.18 Å². The van der Waals surface area contributed by atoms with Crippen LogP contribution in [-0.2, 0) is 4.79 Å².